The first kappa shape index (κ1) is 14.0. The first-order chi connectivity index (χ1) is 7.83. The summed E-state index contributed by atoms with van der Waals surface area (Å²) in [5.41, 5.74) is 0. The quantitative estimate of drug-likeness (QED) is 0.640. The van der Waals surface area contributed by atoms with E-state index in [1.165, 1.54) is 71.2 Å². The molecule has 1 fully saturated rings. The van der Waals surface area contributed by atoms with E-state index in [0.29, 0.717) is 0 Å². The van der Waals surface area contributed by atoms with E-state index in [1.54, 1.807) is 0 Å². The molecule has 0 amide bonds. The third-order valence-electron chi connectivity index (χ3n) is 3.50. The second-order valence-corrected chi connectivity index (χ2v) is 5.36. The van der Waals surface area contributed by atoms with Crippen molar-refractivity contribution in [2.24, 2.45) is 5.92 Å². The Morgan fingerprint density at radius 1 is 1.19 bits per heavy atom. The number of nitrogens with one attached hydrogen (secondary N) is 1. The van der Waals surface area contributed by atoms with Crippen molar-refractivity contribution in [1.82, 2.24) is 10.2 Å². The van der Waals surface area contributed by atoms with Crippen LogP contribution in [0.25, 0.3) is 0 Å². The molecule has 2 heteroatoms. The Morgan fingerprint density at radius 2 is 2.06 bits per heavy atom. The maximum atomic E-state index is 3.47. The first-order valence-corrected chi connectivity index (χ1v) is 7.26. The molecule has 0 aromatic rings. The number of unbranched alkanes of at least 4 members (excludes halogenated alkanes) is 2. The minimum absolute atomic E-state index is 0.931. The number of likely N-dealkylation sites (tertiary alicyclic amines) is 1. The van der Waals surface area contributed by atoms with Crippen LogP contribution >= 0.6 is 0 Å². The molecule has 1 saturated heterocycles. The monoisotopic (exact) mass is 226 g/mol. The van der Waals surface area contributed by atoms with Crippen LogP contribution in [-0.2, 0) is 0 Å². The summed E-state index contributed by atoms with van der Waals surface area (Å²) in [6.07, 6.45) is 8.24. The highest BCUT2D eigenvalue weighted by Gasteiger charge is 2.14. The molecule has 1 atom stereocenters. The zero-order valence-corrected chi connectivity index (χ0v) is 11.3. The number of nitrogens with zero attached hydrogens (tertiary/aromatic N) is 1. The summed E-state index contributed by atoms with van der Waals surface area (Å²) < 4.78 is 0. The Balaban J connectivity index is 1.86. The lowest BCUT2D eigenvalue weighted by atomic mass is 10.00. The minimum Gasteiger partial charge on any atom is -0.317 e. The van der Waals surface area contributed by atoms with Gasteiger partial charge in [0.2, 0.25) is 0 Å². The highest BCUT2D eigenvalue weighted by Crippen LogP contribution is 2.15. The van der Waals surface area contributed by atoms with Crippen molar-refractivity contribution in [2.75, 3.05) is 32.7 Å². The molecule has 16 heavy (non-hydrogen) atoms. The molecule has 0 saturated carbocycles. The van der Waals surface area contributed by atoms with Gasteiger partial charge in [-0.15, -0.1) is 0 Å². The fraction of sp³-hybridized carbons (Fsp3) is 1.00. The van der Waals surface area contributed by atoms with Gasteiger partial charge < -0.3 is 10.2 Å². The minimum atomic E-state index is 0.931. The van der Waals surface area contributed by atoms with Crippen molar-refractivity contribution in [2.45, 2.75) is 52.4 Å². The van der Waals surface area contributed by atoms with Crippen LogP contribution < -0.4 is 5.32 Å². The molecule has 0 bridgehead atoms. The van der Waals surface area contributed by atoms with Gasteiger partial charge in [-0.2, -0.15) is 0 Å². The number of hydrogen-bond donors (Lipinski definition) is 1. The standard InChI is InChI=1S/C14H30N2/c1-3-9-15-10-5-4-6-11-16-12-7-8-14(2)13-16/h14-15H,3-13H2,1-2H3. The summed E-state index contributed by atoms with van der Waals surface area (Å²) >= 11 is 0. The Kier molecular flexibility index (Phi) is 7.87. The normalized spacial score (nSPS) is 22.5. The van der Waals surface area contributed by atoms with Crippen LogP contribution in [0.5, 0.6) is 0 Å². The zero-order chi connectivity index (χ0) is 11.6. The van der Waals surface area contributed by atoms with Crippen LogP contribution in [0, 0.1) is 5.92 Å². The Labute approximate surface area is 102 Å². The van der Waals surface area contributed by atoms with Gasteiger partial charge in [0.15, 0.2) is 0 Å². The summed E-state index contributed by atoms with van der Waals surface area (Å²) in [7, 11) is 0. The van der Waals surface area contributed by atoms with E-state index in [-0.39, 0.29) is 0 Å². The van der Waals surface area contributed by atoms with E-state index in [9.17, 15) is 0 Å². The molecular weight excluding hydrogens is 196 g/mol. The summed E-state index contributed by atoms with van der Waals surface area (Å²) in [5.74, 6) is 0.931. The van der Waals surface area contributed by atoms with Crippen LogP contribution in [0.2, 0.25) is 0 Å². The molecule has 0 aliphatic carbocycles. The predicted octanol–water partition coefficient (Wildman–Crippen LogP) is 2.89. The summed E-state index contributed by atoms with van der Waals surface area (Å²) in [6, 6.07) is 0. The predicted molar refractivity (Wildman–Crippen MR) is 71.8 cm³/mol. The molecule has 0 aromatic heterocycles. The van der Waals surface area contributed by atoms with Gasteiger partial charge in [-0.3, -0.25) is 0 Å². The van der Waals surface area contributed by atoms with E-state index in [1.807, 2.05) is 0 Å². The van der Waals surface area contributed by atoms with Gasteiger partial charge in [0.25, 0.3) is 0 Å². The van der Waals surface area contributed by atoms with E-state index in [2.05, 4.69) is 24.1 Å². The SMILES string of the molecule is CCCNCCCCCN1CCCC(C)C1. The van der Waals surface area contributed by atoms with Crippen molar-refractivity contribution < 1.29 is 0 Å². The molecule has 1 rings (SSSR count). The zero-order valence-electron chi connectivity index (χ0n) is 11.3. The van der Waals surface area contributed by atoms with Gasteiger partial charge in [0, 0.05) is 6.54 Å². The van der Waals surface area contributed by atoms with Crippen LogP contribution in [0.15, 0.2) is 0 Å². The van der Waals surface area contributed by atoms with Crippen molar-refractivity contribution in [3.05, 3.63) is 0 Å². The molecule has 1 heterocycles. The van der Waals surface area contributed by atoms with Crippen molar-refractivity contribution in [3.8, 4) is 0 Å². The van der Waals surface area contributed by atoms with E-state index >= 15 is 0 Å². The largest absolute Gasteiger partial charge is 0.317 e. The van der Waals surface area contributed by atoms with E-state index in [4.69, 9.17) is 0 Å². The lowest BCUT2D eigenvalue weighted by molar-refractivity contribution is 0.181. The number of piperidine rings is 1. The van der Waals surface area contributed by atoms with Gasteiger partial charge in [-0.05, 0) is 64.2 Å². The molecule has 96 valence electrons. The van der Waals surface area contributed by atoms with E-state index in [0.717, 1.165) is 5.92 Å². The average Bonchev–Trinajstić information content (AvgIpc) is 2.28. The maximum Gasteiger partial charge on any atom is 0.000703 e. The first-order valence-electron chi connectivity index (χ1n) is 7.26. The second kappa shape index (κ2) is 9.00. The maximum absolute atomic E-state index is 3.47. The van der Waals surface area contributed by atoms with E-state index < -0.39 is 0 Å². The van der Waals surface area contributed by atoms with Crippen LogP contribution in [0.4, 0.5) is 0 Å². The smallest absolute Gasteiger partial charge is 0.000703 e. The van der Waals surface area contributed by atoms with Gasteiger partial charge >= 0.3 is 0 Å². The Morgan fingerprint density at radius 3 is 2.81 bits per heavy atom. The third kappa shape index (κ3) is 6.49. The lowest BCUT2D eigenvalue weighted by Crippen LogP contribution is -2.34. The molecule has 1 unspecified atom stereocenters. The Bertz CT molecular complexity index is 159. The summed E-state index contributed by atoms with van der Waals surface area (Å²) in [4.78, 5) is 2.66. The van der Waals surface area contributed by atoms with Gasteiger partial charge in [-0.25, -0.2) is 0 Å². The fourth-order valence-corrected chi connectivity index (χ4v) is 2.55. The molecule has 0 spiro atoms. The van der Waals surface area contributed by atoms with Crippen molar-refractivity contribution in [1.29, 1.82) is 0 Å². The van der Waals surface area contributed by atoms with Gasteiger partial charge in [-0.1, -0.05) is 20.3 Å². The number of rotatable bonds is 8. The second-order valence-electron chi connectivity index (χ2n) is 5.36. The fourth-order valence-electron chi connectivity index (χ4n) is 2.55. The third-order valence-corrected chi connectivity index (χ3v) is 3.50. The highest BCUT2D eigenvalue weighted by atomic mass is 15.1. The lowest BCUT2D eigenvalue weighted by Gasteiger charge is -2.30. The molecule has 2 nitrogen and oxygen atoms in total. The van der Waals surface area contributed by atoms with Crippen molar-refractivity contribution >= 4 is 0 Å². The number of hydrogen-bond acceptors (Lipinski definition) is 2. The topological polar surface area (TPSA) is 15.3 Å². The summed E-state index contributed by atoms with van der Waals surface area (Å²) in [6.45, 7) is 11.0. The molecule has 1 aliphatic heterocycles. The molecule has 0 aromatic carbocycles. The van der Waals surface area contributed by atoms with Crippen LogP contribution in [-0.4, -0.2) is 37.6 Å². The highest BCUT2D eigenvalue weighted by molar-refractivity contribution is 4.69. The van der Waals surface area contributed by atoms with Gasteiger partial charge in [0.1, 0.15) is 0 Å². The Hall–Kier alpha value is -0.0800. The average molecular weight is 226 g/mol. The van der Waals surface area contributed by atoms with Gasteiger partial charge in [0.05, 0.1) is 0 Å². The molecule has 1 N–H and O–H groups in total. The molecule has 1 aliphatic rings. The van der Waals surface area contributed by atoms with Crippen LogP contribution in [0.1, 0.15) is 52.4 Å². The molecule has 0 radical (unpaired) electrons. The summed E-state index contributed by atoms with van der Waals surface area (Å²) in [5, 5.41) is 3.47. The molecular formula is C14H30N2. The van der Waals surface area contributed by atoms with Crippen LogP contribution in [0.3, 0.4) is 0 Å². The van der Waals surface area contributed by atoms with Crippen molar-refractivity contribution in [3.63, 3.8) is 0 Å².